The Morgan fingerprint density at radius 3 is 1.58 bits per heavy atom. The molecule has 0 saturated carbocycles. The zero-order valence-electron chi connectivity index (χ0n) is 14.7. The van der Waals surface area contributed by atoms with E-state index in [2.05, 4.69) is 0 Å². The van der Waals surface area contributed by atoms with Gasteiger partial charge < -0.3 is 29.2 Å². The number of benzene rings is 2. The predicted octanol–water partition coefficient (Wildman–Crippen LogP) is 2.49. The van der Waals surface area contributed by atoms with Gasteiger partial charge in [0.1, 0.15) is 23.0 Å². The number of hydrogen-bond donors (Lipinski definition) is 2. The largest absolute Gasteiger partial charge is 0.497 e. The summed E-state index contributed by atoms with van der Waals surface area (Å²) in [5.74, 6) is 1.99. The Balaban J connectivity index is 1.63. The van der Waals surface area contributed by atoms with E-state index in [4.69, 9.17) is 18.9 Å². The fourth-order valence-electron chi connectivity index (χ4n) is 3.76. The first-order chi connectivity index (χ1) is 12.6. The molecule has 2 aromatic rings. The Bertz CT molecular complexity index is 737. The molecule has 2 aromatic carbocycles. The van der Waals surface area contributed by atoms with Crippen LogP contribution in [-0.4, -0.2) is 37.6 Å². The third-order valence-corrected chi connectivity index (χ3v) is 5.29. The lowest BCUT2D eigenvalue weighted by molar-refractivity contribution is -0.0552. The van der Waals surface area contributed by atoms with Crippen molar-refractivity contribution in [2.75, 3.05) is 27.4 Å². The van der Waals surface area contributed by atoms with Gasteiger partial charge in [0.2, 0.25) is 0 Å². The number of hydrogen-bond acceptors (Lipinski definition) is 6. The molecule has 2 heterocycles. The summed E-state index contributed by atoms with van der Waals surface area (Å²) in [7, 11) is 3.16. The van der Waals surface area contributed by atoms with Gasteiger partial charge in [-0.1, -0.05) is 0 Å². The first-order valence-electron chi connectivity index (χ1n) is 8.60. The molecule has 0 saturated heterocycles. The van der Waals surface area contributed by atoms with Gasteiger partial charge in [0, 0.05) is 23.0 Å². The summed E-state index contributed by atoms with van der Waals surface area (Å²) in [4.78, 5) is 0. The highest BCUT2D eigenvalue weighted by Crippen LogP contribution is 2.47. The van der Waals surface area contributed by atoms with E-state index in [1.165, 1.54) is 0 Å². The molecule has 0 spiro atoms. The molecule has 2 N–H and O–H groups in total. The third kappa shape index (κ3) is 2.75. The maximum Gasteiger partial charge on any atom is 0.125 e. The quantitative estimate of drug-likeness (QED) is 0.878. The SMILES string of the molecule is COc1ccc2c(c1)C(O)C(C1COc3ccc(OC)cc3C1O)CO2. The zero-order valence-corrected chi connectivity index (χ0v) is 14.7. The van der Waals surface area contributed by atoms with Crippen LogP contribution in [0.2, 0.25) is 0 Å². The highest BCUT2D eigenvalue weighted by Gasteiger charge is 2.42. The van der Waals surface area contributed by atoms with Gasteiger partial charge in [-0.3, -0.25) is 0 Å². The fourth-order valence-corrected chi connectivity index (χ4v) is 3.76. The number of rotatable bonds is 3. The molecule has 4 atom stereocenters. The maximum absolute atomic E-state index is 10.9. The van der Waals surface area contributed by atoms with E-state index < -0.39 is 12.2 Å². The van der Waals surface area contributed by atoms with Crippen LogP contribution in [0.3, 0.4) is 0 Å². The van der Waals surface area contributed by atoms with Gasteiger partial charge in [0.25, 0.3) is 0 Å². The predicted molar refractivity (Wildman–Crippen MR) is 93.9 cm³/mol. The fraction of sp³-hybridized carbons (Fsp3) is 0.400. The molecule has 0 aromatic heterocycles. The van der Waals surface area contributed by atoms with E-state index in [0.717, 1.165) is 0 Å². The van der Waals surface area contributed by atoms with E-state index in [1.807, 2.05) is 0 Å². The van der Waals surface area contributed by atoms with Gasteiger partial charge in [0.15, 0.2) is 0 Å². The second-order valence-corrected chi connectivity index (χ2v) is 6.65. The standard InChI is InChI=1S/C20H22O6/c1-23-11-3-5-17-13(7-11)19(21)15(9-25-17)16-10-26-18-6-4-12(24-2)8-14(18)20(16)22/h3-8,15-16,19-22H,9-10H2,1-2H3. The van der Waals surface area contributed by atoms with Crippen LogP contribution in [-0.2, 0) is 0 Å². The minimum absolute atomic E-state index is 0.302. The Morgan fingerprint density at radius 2 is 1.19 bits per heavy atom. The van der Waals surface area contributed by atoms with Crippen LogP contribution in [0.4, 0.5) is 0 Å². The molecule has 4 unspecified atom stereocenters. The first-order valence-corrected chi connectivity index (χ1v) is 8.60. The second-order valence-electron chi connectivity index (χ2n) is 6.65. The van der Waals surface area contributed by atoms with Gasteiger partial charge in [-0.05, 0) is 36.4 Å². The number of methoxy groups -OCH3 is 2. The molecule has 2 aliphatic rings. The number of ether oxygens (including phenoxy) is 4. The minimum Gasteiger partial charge on any atom is -0.497 e. The van der Waals surface area contributed by atoms with Gasteiger partial charge in [-0.15, -0.1) is 0 Å². The van der Waals surface area contributed by atoms with Crippen molar-refractivity contribution in [2.45, 2.75) is 12.2 Å². The van der Waals surface area contributed by atoms with Gasteiger partial charge in [0.05, 0.1) is 39.6 Å². The average molecular weight is 358 g/mol. The van der Waals surface area contributed by atoms with Crippen LogP contribution in [0.5, 0.6) is 23.0 Å². The van der Waals surface area contributed by atoms with Crippen molar-refractivity contribution in [1.29, 1.82) is 0 Å². The lowest BCUT2D eigenvalue weighted by Crippen LogP contribution is -2.40. The number of aliphatic hydroxyl groups is 2. The zero-order chi connectivity index (χ0) is 18.3. The smallest absolute Gasteiger partial charge is 0.125 e. The Hall–Kier alpha value is -2.44. The molecule has 0 amide bonds. The topological polar surface area (TPSA) is 77.4 Å². The molecule has 0 fully saturated rings. The molecule has 138 valence electrons. The summed E-state index contributed by atoms with van der Waals surface area (Å²) < 4.78 is 22.2. The molecular formula is C20H22O6. The number of aliphatic hydroxyl groups excluding tert-OH is 2. The molecule has 26 heavy (non-hydrogen) atoms. The molecule has 6 heteroatoms. The van der Waals surface area contributed by atoms with Gasteiger partial charge in [-0.25, -0.2) is 0 Å². The van der Waals surface area contributed by atoms with E-state index in [1.54, 1.807) is 50.6 Å². The molecular weight excluding hydrogens is 336 g/mol. The third-order valence-electron chi connectivity index (χ3n) is 5.29. The summed E-state index contributed by atoms with van der Waals surface area (Å²) in [5, 5.41) is 21.9. The van der Waals surface area contributed by atoms with Crippen molar-refractivity contribution < 1.29 is 29.2 Å². The lowest BCUT2D eigenvalue weighted by atomic mass is 9.77. The van der Waals surface area contributed by atoms with Crippen molar-refractivity contribution in [2.24, 2.45) is 11.8 Å². The van der Waals surface area contributed by atoms with Crippen LogP contribution in [0.1, 0.15) is 23.3 Å². The molecule has 0 radical (unpaired) electrons. The summed E-state index contributed by atoms with van der Waals surface area (Å²) >= 11 is 0. The van der Waals surface area contributed by atoms with Crippen molar-refractivity contribution in [3.8, 4) is 23.0 Å². The van der Waals surface area contributed by atoms with Crippen LogP contribution in [0.25, 0.3) is 0 Å². The van der Waals surface area contributed by atoms with Crippen molar-refractivity contribution in [3.63, 3.8) is 0 Å². The van der Waals surface area contributed by atoms with Crippen molar-refractivity contribution >= 4 is 0 Å². The van der Waals surface area contributed by atoms with Crippen molar-refractivity contribution in [1.82, 2.24) is 0 Å². The summed E-state index contributed by atoms with van der Waals surface area (Å²) in [6.45, 7) is 0.621. The highest BCUT2D eigenvalue weighted by atomic mass is 16.5. The molecule has 0 aliphatic carbocycles. The van der Waals surface area contributed by atoms with Gasteiger partial charge in [-0.2, -0.15) is 0 Å². The number of fused-ring (bicyclic) bond motifs is 2. The minimum atomic E-state index is -0.774. The van der Waals surface area contributed by atoms with E-state index >= 15 is 0 Å². The molecule has 6 nitrogen and oxygen atoms in total. The molecule has 2 aliphatic heterocycles. The molecule has 0 bridgehead atoms. The summed E-state index contributed by atoms with van der Waals surface area (Å²) in [6.07, 6.45) is -1.55. The van der Waals surface area contributed by atoms with Crippen LogP contribution < -0.4 is 18.9 Å². The van der Waals surface area contributed by atoms with Gasteiger partial charge >= 0.3 is 0 Å². The second kappa shape index (κ2) is 6.70. The Labute approximate surface area is 151 Å². The van der Waals surface area contributed by atoms with Crippen molar-refractivity contribution in [3.05, 3.63) is 47.5 Å². The van der Waals surface area contributed by atoms with E-state index in [-0.39, 0.29) is 11.8 Å². The van der Waals surface area contributed by atoms with Crippen LogP contribution >= 0.6 is 0 Å². The molecule has 4 rings (SSSR count). The first kappa shape index (κ1) is 17.0. The maximum atomic E-state index is 10.9. The lowest BCUT2D eigenvalue weighted by Gasteiger charge is -2.40. The normalized spacial score (nSPS) is 26.8. The Morgan fingerprint density at radius 1 is 0.769 bits per heavy atom. The average Bonchev–Trinajstić information content (AvgIpc) is 2.69. The summed E-state index contributed by atoms with van der Waals surface area (Å²) in [6, 6.07) is 10.7. The monoisotopic (exact) mass is 358 g/mol. The van der Waals surface area contributed by atoms with E-state index in [9.17, 15) is 10.2 Å². The summed E-state index contributed by atoms with van der Waals surface area (Å²) in [5.41, 5.74) is 1.34. The van der Waals surface area contributed by atoms with Crippen LogP contribution in [0.15, 0.2) is 36.4 Å². The van der Waals surface area contributed by atoms with E-state index in [0.29, 0.717) is 47.3 Å². The Kier molecular flexibility index (Phi) is 4.38. The highest BCUT2D eigenvalue weighted by molar-refractivity contribution is 5.45. The van der Waals surface area contributed by atoms with Crippen LogP contribution in [0, 0.1) is 11.8 Å².